The van der Waals surface area contributed by atoms with Gasteiger partial charge in [0.25, 0.3) is 0 Å². The molecule has 10 aromatic rings. The normalized spacial score (nSPS) is 11.8. The minimum absolute atomic E-state index is 1.14. The molecule has 2 heterocycles. The standard InChI is InChI=1S/C44H27NS2/c1-2-9-28(10-3-1)29-17-20-32(21-18-29)45(38-16-8-13-30-11-4-6-14-34(30)38)33-22-25-39-37(27-33)43-41(46-39)26-23-36-42-35-15-7-5-12-31(35)19-24-40(42)47-44(36)43/h1-27H. The Morgan fingerprint density at radius 1 is 0.362 bits per heavy atom. The van der Waals surface area contributed by atoms with E-state index in [4.69, 9.17) is 0 Å². The largest absolute Gasteiger partial charge is 0.310 e. The van der Waals surface area contributed by atoms with E-state index in [2.05, 4.69) is 169 Å². The summed E-state index contributed by atoms with van der Waals surface area (Å²) in [5, 5.41) is 10.5. The Kier molecular flexibility index (Phi) is 5.98. The first-order valence-corrected chi connectivity index (χ1v) is 17.6. The molecule has 10 rings (SSSR count). The molecule has 3 heteroatoms. The molecule has 0 unspecified atom stereocenters. The first-order valence-electron chi connectivity index (χ1n) is 15.9. The summed E-state index contributed by atoms with van der Waals surface area (Å²) in [4.78, 5) is 2.43. The molecule has 8 aromatic carbocycles. The lowest BCUT2D eigenvalue weighted by atomic mass is 10.0. The van der Waals surface area contributed by atoms with Crippen LogP contribution in [0.4, 0.5) is 17.1 Å². The van der Waals surface area contributed by atoms with Crippen molar-refractivity contribution >= 4 is 102 Å². The number of thiophene rings is 2. The second kappa shape index (κ2) is 10.5. The van der Waals surface area contributed by atoms with Crippen LogP contribution in [0.3, 0.4) is 0 Å². The van der Waals surface area contributed by atoms with Crippen molar-refractivity contribution in [3.05, 3.63) is 164 Å². The Bertz CT molecular complexity index is 2780. The van der Waals surface area contributed by atoms with E-state index < -0.39 is 0 Å². The third-order valence-electron chi connectivity index (χ3n) is 9.44. The summed E-state index contributed by atoms with van der Waals surface area (Å²) in [5.74, 6) is 0. The quantitative estimate of drug-likeness (QED) is 0.186. The maximum absolute atomic E-state index is 2.43. The zero-order valence-electron chi connectivity index (χ0n) is 25.4. The van der Waals surface area contributed by atoms with Gasteiger partial charge in [0.2, 0.25) is 0 Å². The summed E-state index contributed by atoms with van der Waals surface area (Å²) in [6.07, 6.45) is 0. The molecule has 0 bridgehead atoms. The van der Waals surface area contributed by atoms with E-state index in [9.17, 15) is 0 Å². The maximum atomic E-state index is 2.43. The third-order valence-corrected chi connectivity index (χ3v) is 11.8. The Balaban J connectivity index is 1.22. The third kappa shape index (κ3) is 4.21. The molecule has 0 atom stereocenters. The molecule has 47 heavy (non-hydrogen) atoms. The molecule has 0 fully saturated rings. The van der Waals surface area contributed by atoms with Gasteiger partial charge in [0, 0.05) is 57.1 Å². The van der Waals surface area contributed by atoms with Crippen molar-refractivity contribution in [2.24, 2.45) is 0 Å². The lowest BCUT2D eigenvalue weighted by Crippen LogP contribution is -2.10. The van der Waals surface area contributed by atoms with E-state index >= 15 is 0 Å². The minimum atomic E-state index is 1.14. The van der Waals surface area contributed by atoms with Crippen LogP contribution in [-0.4, -0.2) is 0 Å². The number of hydrogen-bond donors (Lipinski definition) is 0. The molecule has 0 N–H and O–H groups in total. The zero-order valence-corrected chi connectivity index (χ0v) is 27.0. The Labute approximate surface area is 280 Å². The first kappa shape index (κ1) is 26.7. The van der Waals surface area contributed by atoms with Gasteiger partial charge in [-0.1, -0.05) is 115 Å². The van der Waals surface area contributed by atoms with E-state index in [1.807, 2.05) is 22.7 Å². The van der Waals surface area contributed by atoms with Gasteiger partial charge >= 0.3 is 0 Å². The van der Waals surface area contributed by atoms with Crippen molar-refractivity contribution in [3.63, 3.8) is 0 Å². The minimum Gasteiger partial charge on any atom is -0.310 e. The number of anilines is 3. The van der Waals surface area contributed by atoms with Gasteiger partial charge < -0.3 is 4.90 Å². The van der Waals surface area contributed by atoms with Crippen LogP contribution in [0.5, 0.6) is 0 Å². The first-order chi connectivity index (χ1) is 23.3. The number of nitrogens with zero attached hydrogens (tertiary/aromatic N) is 1. The zero-order chi connectivity index (χ0) is 30.9. The van der Waals surface area contributed by atoms with Crippen LogP contribution in [-0.2, 0) is 0 Å². The van der Waals surface area contributed by atoms with Gasteiger partial charge in [0.1, 0.15) is 0 Å². The fourth-order valence-electron chi connectivity index (χ4n) is 7.26. The number of fused-ring (bicyclic) bond motifs is 10. The molecule has 220 valence electrons. The molecule has 0 radical (unpaired) electrons. The molecule has 0 spiro atoms. The predicted octanol–water partition coefficient (Wildman–Crippen LogP) is 13.9. The van der Waals surface area contributed by atoms with Crippen LogP contribution in [0.1, 0.15) is 0 Å². The van der Waals surface area contributed by atoms with Crippen LogP contribution in [0.2, 0.25) is 0 Å². The van der Waals surface area contributed by atoms with Crippen LogP contribution in [0, 0.1) is 0 Å². The molecule has 0 amide bonds. The average molecular weight is 634 g/mol. The van der Waals surface area contributed by atoms with Crippen molar-refractivity contribution in [2.45, 2.75) is 0 Å². The summed E-state index contributed by atoms with van der Waals surface area (Å²) in [6, 6.07) is 60.0. The van der Waals surface area contributed by atoms with Gasteiger partial charge in [-0.15, -0.1) is 22.7 Å². The molecule has 2 aromatic heterocycles. The van der Waals surface area contributed by atoms with Gasteiger partial charge in [-0.25, -0.2) is 0 Å². The molecule has 0 aliphatic heterocycles. The Hall–Kier alpha value is -5.48. The van der Waals surface area contributed by atoms with Gasteiger partial charge in [0.05, 0.1) is 5.69 Å². The van der Waals surface area contributed by atoms with Crippen molar-refractivity contribution in [3.8, 4) is 11.1 Å². The lowest BCUT2D eigenvalue weighted by Gasteiger charge is -2.27. The molecule has 1 nitrogen and oxygen atoms in total. The molecular weight excluding hydrogens is 607 g/mol. The summed E-state index contributed by atoms with van der Waals surface area (Å²) < 4.78 is 5.37. The van der Waals surface area contributed by atoms with Crippen LogP contribution < -0.4 is 4.90 Å². The molecule has 0 saturated heterocycles. The smallest absolute Gasteiger partial charge is 0.0540 e. The average Bonchev–Trinajstić information content (AvgIpc) is 3.71. The monoisotopic (exact) mass is 633 g/mol. The SMILES string of the molecule is c1ccc(-c2ccc(N(c3ccc4sc5ccc6c(sc7ccc8ccccc8c76)c5c4c3)c3cccc4ccccc34)cc2)cc1. The maximum Gasteiger partial charge on any atom is 0.0540 e. The number of hydrogen-bond acceptors (Lipinski definition) is 3. The van der Waals surface area contributed by atoms with Gasteiger partial charge in [-0.2, -0.15) is 0 Å². The predicted molar refractivity (Wildman–Crippen MR) is 207 cm³/mol. The van der Waals surface area contributed by atoms with Crippen LogP contribution in [0.15, 0.2) is 164 Å². The van der Waals surface area contributed by atoms with Gasteiger partial charge in [0.15, 0.2) is 0 Å². The van der Waals surface area contributed by atoms with E-state index in [1.165, 1.54) is 78.7 Å². The highest BCUT2D eigenvalue weighted by molar-refractivity contribution is 7.29. The summed E-state index contributed by atoms with van der Waals surface area (Å²) >= 11 is 3.82. The van der Waals surface area contributed by atoms with Crippen molar-refractivity contribution in [1.29, 1.82) is 0 Å². The van der Waals surface area contributed by atoms with E-state index in [1.54, 1.807) is 0 Å². The van der Waals surface area contributed by atoms with E-state index in [0.29, 0.717) is 0 Å². The fourth-order valence-corrected chi connectivity index (χ4v) is 9.69. The highest BCUT2D eigenvalue weighted by atomic mass is 32.1. The summed E-state index contributed by atoms with van der Waals surface area (Å²) in [5.41, 5.74) is 5.91. The van der Waals surface area contributed by atoms with Gasteiger partial charge in [-0.05, 0) is 75.8 Å². The van der Waals surface area contributed by atoms with Crippen molar-refractivity contribution in [1.82, 2.24) is 0 Å². The molecule has 0 aliphatic carbocycles. The van der Waals surface area contributed by atoms with Crippen molar-refractivity contribution < 1.29 is 0 Å². The van der Waals surface area contributed by atoms with Gasteiger partial charge in [-0.3, -0.25) is 0 Å². The Morgan fingerprint density at radius 2 is 1.00 bits per heavy atom. The Morgan fingerprint density at radius 3 is 1.85 bits per heavy atom. The second-order valence-corrected chi connectivity index (χ2v) is 14.2. The molecule has 0 saturated carbocycles. The van der Waals surface area contributed by atoms with E-state index in [-0.39, 0.29) is 0 Å². The fraction of sp³-hybridized carbons (Fsp3) is 0. The highest BCUT2D eigenvalue weighted by Crippen LogP contribution is 2.48. The molecule has 0 aliphatic rings. The lowest BCUT2D eigenvalue weighted by molar-refractivity contribution is 1.30. The van der Waals surface area contributed by atoms with Crippen LogP contribution in [0.25, 0.3) is 73.0 Å². The second-order valence-electron chi connectivity index (χ2n) is 12.1. The topological polar surface area (TPSA) is 3.24 Å². The highest BCUT2D eigenvalue weighted by Gasteiger charge is 2.19. The number of benzene rings is 8. The van der Waals surface area contributed by atoms with Crippen molar-refractivity contribution in [2.75, 3.05) is 4.90 Å². The van der Waals surface area contributed by atoms with E-state index in [0.717, 1.165) is 11.4 Å². The number of rotatable bonds is 4. The summed E-state index contributed by atoms with van der Waals surface area (Å²) in [6.45, 7) is 0. The molecular formula is C44H27NS2. The summed E-state index contributed by atoms with van der Waals surface area (Å²) in [7, 11) is 0. The van der Waals surface area contributed by atoms with Crippen LogP contribution >= 0.6 is 22.7 Å².